The molecule has 3 N–H and O–H groups in total. The summed E-state index contributed by atoms with van der Waals surface area (Å²) in [5, 5.41) is 8.37. The first-order chi connectivity index (χ1) is 6.09. The van der Waals surface area contributed by atoms with E-state index < -0.39 is 6.04 Å². The minimum absolute atomic E-state index is 0. The highest BCUT2D eigenvalue weighted by molar-refractivity contribution is 5.86. The summed E-state index contributed by atoms with van der Waals surface area (Å²) < 4.78 is 0. The highest BCUT2D eigenvalue weighted by Crippen LogP contribution is 1.92. The molecule has 1 aliphatic heterocycles. The lowest BCUT2D eigenvalue weighted by Gasteiger charge is -2.29. The fraction of sp³-hybridized carbons (Fsp3) is 0.750. The minimum Gasteiger partial charge on any atom is -0.349 e. The number of rotatable bonds is 3. The van der Waals surface area contributed by atoms with Crippen molar-refractivity contribution in [2.75, 3.05) is 13.1 Å². The maximum atomic E-state index is 11.3. The van der Waals surface area contributed by atoms with Crippen LogP contribution in [0.1, 0.15) is 13.8 Å². The Kier molecular flexibility index (Phi) is 5.49. The zero-order valence-corrected chi connectivity index (χ0v) is 9.11. The summed E-state index contributed by atoms with van der Waals surface area (Å²) in [5.41, 5.74) is 0. The van der Waals surface area contributed by atoms with Gasteiger partial charge in [0.25, 0.3) is 0 Å². The number of carbonyl (C=O) groups excluding carboxylic acids is 2. The van der Waals surface area contributed by atoms with Gasteiger partial charge in [-0.05, 0) is 6.92 Å². The number of nitrogens with one attached hydrogen (secondary N) is 3. The molecule has 1 heterocycles. The number of hydrogen-bond donors (Lipinski definition) is 3. The van der Waals surface area contributed by atoms with Gasteiger partial charge < -0.3 is 16.0 Å². The van der Waals surface area contributed by atoms with E-state index in [9.17, 15) is 9.59 Å². The molecule has 2 amide bonds. The van der Waals surface area contributed by atoms with E-state index in [0.717, 1.165) is 13.1 Å². The Labute approximate surface area is 89.4 Å². The van der Waals surface area contributed by atoms with Crippen LogP contribution in [0.25, 0.3) is 0 Å². The molecule has 0 saturated carbocycles. The Bertz CT molecular complexity index is 219. The lowest BCUT2D eigenvalue weighted by molar-refractivity contribution is -0.128. The van der Waals surface area contributed by atoms with E-state index in [1.165, 1.54) is 6.92 Å². The molecule has 82 valence electrons. The first-order valence-electron chi connectivity index (χ1n) is 4.38. The third-order valence-corrected chi connectivity index (χ3v) is 1.94. The van der Waals surface area contributed by atoms with E-state index in [4.69, 9.17) is 0 Å². The molecule has 0 aromatic carbocycles. The van der Waals surface area contributed by atoms with E-state index in [-0.39, 0.29) is 30.3 Å². The molecule has 0 bridgehead atoms. The summed E-state index contributed by atoms with van der Waals surface area (Å²) in [7, 11) is 0. The third kappa shape index (κ3) is 3.93. The van der Waals surface area contributed by atoms with Gasteiger partial charge in [0.15, 0.2) is 0 Å². The van der Waals surface area contributed by atoms with Gasteiger partial charge in [-0.1, -0.05) is 0 Å². The van der Waals surface area contributed by atoms with Gasteiger partial charge in [0.2, 0.25) is 11.8 Å². The molecule has 1 saturated heterocycles. The maximum absolute atomic E-state index is 11.3. The Morgan fingerprint density at radius 3 is 2.36 bits per heavy atom. The summed E-state index contributed by atoms with van der Waals surface area (Å²) in [4.78, 5) is 22.0. The van der Waals surface area contributed by atoms with Crippen molar-refractivity contribution in [3.05, 3.63) is 0 Å². The van der Waals surface area contributed by atoms with Crippen LogP contribution in [-0.4, -0.2) is 37.0 Å². The van der Waals surface area contributed by atoms with Gasteiger partial charge in [0.1, 0.15) is 6.04 Å². The van der Waals surface area contributed by atoms with Crippen molar-refractivity contribution in [3.8, 4) is 0 Å². The predicted octanol–water partition coefficient (Wildman–Crippen LogP) is -0.979. The molecule has 0 radical (unpaired) electrons. The molecule has 1 unspecified atom stereocenters. The molecular formula is C8H16ClN3O2. The van der Waals surface area contributed by atoms with Crippen molar-refractivity contribution in [1.82, 2.24) is 16.0 Å². The van der Waals surface area contributed by atoms with Gasteiger partial charge >= 0.3 is 0 Å². The van der Waals surface area contributed by atoms with Crippen molar-refractivity contribution in [1.29, 1.82) is 0 Å². The fourth-order valence-electron chi connectivity index (χ4n) is 1.09. The molecule has 1 aliphatic rings. The Hall–Kier alpha value is -0.810. The van der Waals surface area contributed by atoms with Gasteiger partial charge in [-0.25, -0.2) is 0 Å². The largest absolute Gasteiger partial charge is 0.349 e. The Morgan fingerprint density at radius 1 is 1.43 bits per heavy atom. The lowest BCUT2D eigenvalue weighted by atomic mass is 10.1. The molecule has 1 atom stereocenters. The lowest BCUT2D eigenvalue weighted by Crippen LogP contribution is -2.59. The molecule has 0 aromatic heterocycles. The monoisotopic (exact) mass is 221 g/mol. The quantitative estimate of drug-likeness (QED) is 0.574. The number of amides is 2. The summed E-state index contributed by atoms with van der Waals surface area (Å²) in [5.74, 6) is -0.309. The Balaban J connectivity index is 0.00000169. The summed E-state index contributed by atoms with van der Waals surface area (Å²) >= 11 is 0. The van der Waals surface area contributed by atoms with E-state index in [0.29, 0.717) is 0 Å². The van der Waals surface area contributed by atoms with Crippen LogP contribution in [0.3, 0.4) is 0 Å². The Morgan fingerprint density at radius 2 is 2.00 bits per heavy atom. The van der Waals surface area contributed by atoms with Crippen LogP contribution in [0.4, 0.5) is 0 Å². The normalized spacial score (nSPS) is 17.3. The van der Waals surface area contributed by atoms with Crippen LogP contribution < -0.4 is 16.0 Å². The molecule has 0 aromatic rings. The van der Waals surface area contributed by atoms with Gasteiger partial charge in [-0.2, -0.15) is 0 Å². The van der Waals surface area contributed by atoms with E-state index >= 15 is 0 Å². The first-order valence-corrected chi connectivity index (χ1v) is 4.38. The number of hydrogen-bond acceptors (Lipinski definition) is 3. The molecular weight excluding hydrogens is 206 g/mol. The average Bonchev–Trinajstić information content (AvgIpc) is 1.94. The summed E-state index contributed by atoms with van der Waals surface area (Å²) in [6, 6.07) is -0.221. The van der Waals surface area contributed by atoms with E-state index in [2.05, 4.69) is 16.0 Å². The predicted molar refractivity (Wildman–Crippen MR) is 55.3 cm³/mol. The fourth-order valence-corrected chi connectivity index (χ4v) is 1.09. The zero-order chi connectivity index (χ0) is 9.84. The molecule has 1 fully saturated rings. The second-order valence-corrected chi connectivity index (χ2v) is 3.29. The van der Waals surface area contributed by atoms with Crippen molar-refractivity contribution in [2.45, 2.75) is 25.9 Å². The van der Waals surface area contributed by atoms with Gasteiger partial charge in [0, 0.05) is 20.0 Å². The highest BCUT2D eigenvalue weighted by atomic mass is 35.5. The van der Waals surface area contributed by atoms with E-state index in [1.54, 1.807) is 6.92 Å². The van der Waals surface area contributed by atoms with Crippen LogP contribution >= 0.6 is 12.4 Å². The topological polar surface area (TPSA) is 70.2 Å². The van der Waals surface area contributed by atoms with Crippen molar-refractivity contribution < 1.29 is 9.59 Å². The van der Waals surface area contributed by atoms with Crippen molar-refractivity contribution in [3.63, 3.8) is 0 Å². The van der Waals surface area contributed by atoms with E-state index in [1.807, 2.05) is 0 Å². The van der Waals surface area contributed by atoms with Crippen LogP contribution in [-0.2, 0) is 9.59 Å². The summed E-state index contributed by atoms with van der Waals surface area (Å²) in [6.45, 7) is 4.70. The van der Waals surface area contributed by atoms with Gasteiger partial charge in [0.05, 0.1) is 6.04 Å². The summed E-state index contributed by atoms with van der Waals surface area (Å²) in [6.07, 6.45) is 0. The molecule has 5 nitrogen and oxygen atoms in total. The second-order valence-electron chi connectivity index (χ2n) is 3.29. The van der Waals surface area contributed by atoms with Crippen LogP contribution in [0, 0.1) is 0 Å². The van der Waals surface area contributed by atoms with Crippen LogP contribution in [0.15, 0.2) is 0 Å². The smallest absolute Gasteiger partial charge is 0.242 e. The highest BCUT2D eigenvalue weighted by Gasteiger charge is 2.21. The second kappa shape index (κ2) is 5.82. The van der Waals surface area contributed by atoms with Crippen LogP contribution in [0.2, 0.25) is 0 Å². The SMILES string of the molecule is CC(=O)NC(C)C(=O)NC1CNC1.Cl. The molecule has 6 heteroatoms. The first kappa shape index (κ1) is 13.2. The molecule has 0 spiro atoms. The maximum Gasteiger partial charge on any atom is 0.242 e. The van der Waals surface area contributed by atoms with Crippen molar-refractivity contribution in [2.24, 2.45) is 0 Å². The van der Waals surface area contributed by atoms with Crippen LogP contribution in [0.5, 0.6) is 0 Å². The zero-order valence-electron chi connectivity index (χ0n) is 8.29. The molecule has 14 heavy (non-hydrogen) atoms. The molecule has 1 rings (SSSR count). The third-order valence-electron chi connectivity index (χ3n) is 1.94. The number of carbonyl (C=O) groups is 2. The molecule has 0 aliphatic carbocycles. The van der Waals surface area contributed by atoms with Crippen molar-refractivity contribution >= 4 is 24.2 Å². The van der Waals surface area contributed by atoms with Gasteiger partial charge in [-0.3, -0.25) is 9.59 Å². The number of halogens is 1. The van der Waals surface area contributed by atoms with Gasteiger partial charge in [-0.15, -0.1) is 12.4 Å². The average molecular weight is 222 g/mol. The minimum atomic E-state index is -0.446. The standard InChI is InChI=1S/C8H15N3O2.ClH/c1-5(10-6(2)12)8(13)11-7-3-9-4-7;/h5,7,9H,3-4H2,1-2H3,(H,10,12)(H,11,13);1H.